The Bertz CT molecular complexity index is 1000. The molecule has 0 fully saturated rings. The van der Waals surface area contributed by atoms with Gasteiger partial charge in [0.05, 0.1) is 11.4 Å². The number of aromatic nitrogens is 4. The van der Waals surface area contributed by atoms with E-state index in [4.69, 9.17) is 0 Å². The van der Waals surface area contributed by atoms with Crippen LogP contribution in [-0.2, 0) is 11.3 Å². The zero-order chi connectivity index (χ0) is 19.9. The van der Waals surface area contributed by atoms with Crippen molar-refractivity contribution in [3.05, 3.63) is 67.0 Å². The molecule has 0 aliphatic heterocycles. The van der Waals surface area contributed by atoms with Crippen LogP contribution in [-0.4, -0.2) is 37.2 Å². The van der Waals surface area contributed by atoms with Crippen LogP contribution in [0.15, 0.2) is 66.6 Å². The second-order valence-corrected chi connectivity index (χ2v) is 6.82. The molecule has 2 heterocycles. The van der Waals surface area contributed by atoms with Gasteiger partial charge in [0.2, 0.25) is 5.91 Å². The first kappa shape index (κ1) is 19.5. The van der Waals surface area contributed by atoms with Gasteiger partial charge in [-0.1, -0.05) is 30.0 Å². The summed E-state index contributed by atoms with van der Waals surface area (Å²) >= 11 is 1.27. The maximum absolute atomic E-state index is 12.4. The Kier molecular flexibility index (Phi) is 6.33. The number of para-hydroxylation sites is 1. The summed E-state index contributed by atoms with van der Waals surface area (Å²) < 4.78 is 1.89. The monoisotopic (exact) mass is 393 g/mol. The van der Waals surface area contributed by atoms with Crippen LogP contribution in [0.2, 0.25) is 0 Å². The number of carbonyl (C=O) groups excluding carboxylic acids is 2. The standard InChI is InChI=1S/C20H19N5O2S/c1-3-12-25-19(15-8-10-21-11-9-15)23-24-20(25)28-13-18(27)22-17-7-5-4-6-16(17)14(2)26/h3-11H,1,12-13H2,2H3,(H,22,27). The van der Waals surface area contributed by atoms with E-state index in [9.17, 15) is 9.59 Å². The van der Waals surface area contributed by atoms with Crippen LogP contribution in [0.4, 0.5) is 5.69 Å². The van der Waals surface area contributed by atoms with Crippen molar-refractivity contribution in [2.45, 2.75) is 18.6 Å². The van der Waals surface area contributed by atoms with Crippen LogP contribution >= 0.6 is 11.8 Å². The Hall–Kier alpha value is -3.26. The third-order valence-electron chi connectivity index (χ3n) is 3.88. The molecule has 142 valence electrons. The number of pyridine rings is 1. The van der Waals surface area contributed by atoms with E-state index in [0.29, 0.717) is 28.8 Å². The lowest BCUT2D eigenvalue weighted by molar-refractivity contribution is -0.113. The van der Waals surface area contributed by atoms with E-state index in [-0.39, 0.29) is 17.4 Å². The minimum Gasteiger partial charge on any atom is -0.325 e. The summed E-state index contributed by atoms with van der Waals surface area (Å²) in [6, 6.07) is 10.6. The van der Waals surface area contributed by atoms with E-state index in [1.54, 1.807) is 42.7 Å². The minimum absolute atomic E-state index is 0.101. The molecular weight excluding hydrogens is 374 g/mol. The van der Waals surface area contributed by atoms with Crippen molar-refractivity contribution in [3.63, 3.8) is 0 Å². The van der Waals surface area contributed by atoms with E-state index < -0.39 is 0 Å². The Labute approximate surface area is 166 Å². The van der Waals surface area contributed by atoms with Gasteiger partial charge >= 0.3 is 0 Å². The van der Waals surface area contributed by atoms with Gasteiger partial charge in [-0.2, -0.15) is 0 Å². The average Bonchev–Trinajstić information content (AvgIpc) is 3.10. The number of nitrogens with one attached hydrogen (secondary N) is 1. The highest BCUT2D eigenvalue weighted by Crippen LogP contribution is 2.24. The lowest BCUT2D eigenvalue weighted by Gasteiger charge is -2.10. The topological polar surface area (TPSA) is 89.8 Å². The molecule has 7 nitrogen and oxygen atoms in total. The molecule has 0 unspecified atom stereocenters. The number of amides is 1. The third-order valence-corrected chi connectivity index (χ3v) is 4.85. The van der Waals surface area contributed by atoms with Crippen molar-refractivity contribution in [1.29, 1.82) is 0 Å². The predicted octanol–water partition coefficient (Wildman–Crippen LogP) is 3.46. The van der Waals surface area contributed by atoms with Gasteiger partial charge in [-0.05, 0) is 31.2 Å². The number of nitrogens with zero attached hydrogens (tertiary/aromatic N) is 4. The SMILES string of the molecule is C=CCn1c(SCC(=O)Nc2ccccc2C(C)=O)nnc1-c1ccncc1. The van der Waals surface area contributed by atoms with E-state index in [2.05, 4.69) is 27.1 Å². The highest BCUT2D eigenvalue weighted by atomic mass is 32.2. The molecule has 3 rings (SSSR count). The molecule has 0 aliphatic rings. The first-order valence-electron chi connectivity index (χ1n) is 8.57. The molecule has 0 atom stereocenters. The Morgan fingerprint density at radius 1 is 1.18 bits per heavy atom. The Morgan fingerprint density at radius 3 is 2.64 bits per heavy atom. The summed E-state index contributed by atoms with van der Waals surface area (Å²) in [5.74, 6) is 0.499. The largest absolute Gasteiger partial charge is 0.325 e. The maximum Gasteiger partial charge on any atom is 0.234 e. The van der Waals surface area contributed by atoms with E-state index in [0.717, 1.165) is 5.56 Å². The maximum atomic E-state index is 12.4. The molecule has 1 N–H and O–H groups in total. The van der Waals surface area contributed by atoms with E-state index >= 15 is 0 Å². The van der Waals surface area contributed by atoms with Crippen LogP contribution in [0.1, 0.15) is 17.3 Å². The molecule has 1 amide bonds. The first-order chi connectivity index (χ1) is 13.6. The highest BCUT2D eigenvalue weighted by molar-refractivity contribution is 7.99. The Morgan fingerprint density at radius 2 is 1.93 bits per heavy atom. The summed E-state index contributed by atoms with van der Waals surface area (Å²) in [5.41, 5.74) is 1.87. The Balaban J connectivity index is 1.73. The average molecular weight is 393 g/mol. The summed E-state index contributed by atoms with van der Waals surface area (Å²) in [5, 5.41) is 11.9. The van der Waals surface area contributed by atoms with E-state index in [1.807, 2.05) is 16.7 Å². The zero-order valence-corrected chi connectivity index (χ0v) is 16.1. The quantitative estimate of drug-likeness (QED) is 0.358. The molecule has 28 heavy (non-hydrogen) atoms. The fourth-order valence-corrected chi connectivity index (χ4v) is 3.37. The molecule has 0 bridgehead atoms. The molecule has 8 heteroatoms. The third kappa shape index (κ3) is 4.52. The zero-order valence-electron chi connectivity index (χ0n) is 15.3. The predicted molar refractivity (Wildman–Crippen MR) is 109 cm³/mol. The number of rotatable bonds is 8. The van der Waals surface area contributed by atoms with Gasteiger partial charge in [-0.3, -0.25) is 19.1 Å². The second kappa shape index (κ2) is 9.09. The minimum atomic E-state index is -0.225. The van der Waals surface area contributed by atoms with Gasteiger partial charge in [0.1, 0.15) is 0 Å². The normalized spacial score (nSPS) is 10.5. The molecule has 0 radical (unpaired) electrons. The fraction of sp³-hybridized carbons (Fsp3) is 0.150. The molecule has 0 aliphatic carbocycles. The number of anilines is 1. The van der Waals surface area contributed by atoms with Crippen molar-refractivity contribution in [3.8, 4) is 11.4 Å². The lowest BCUT2D eigenvalue weighted by Crippen LogP contribution is -2.16. The van der Waals surface area contributed by atoms with E-state index in [1.165, 1.54) is 18.7 Å². The van der Waals surface area contributed by atoms with Crippen LogP contribution in [0.25, 0.3) is 11.4 Å². The summed E-state index contributed by atoms with van der Waals surface area (Å²) in [4.78, 5) is 28.1. The van der Waals surface area contributed by atoms with Crippen molar-refractivity contribution in [2.75, 3.05) is 11.1 Å². The highest BCUT2D eigenvalue weighted by Gasteiger charge is 2.16. The molecule has 0 saturated carbocycles. The number of hydrogen-bond donors (Lipinski definition) is 1. The molecule has 1 aromatic carbocycles. The van der Waals surface area contributed by atoms with Gasteiger partial charge in [0.15, 0.2) is 16.8 Å². The van der Waals surface area contributed by atoms with Crippen LogP contribution in [0.3, 0.4) is 0 Å². The number of carbonyl (C=O) groups is 2. The lowest BCUT2D eigenvalue weighted by atomic mass is 10.1. The van der Waals surface area contributed by atoms with Crippen LogP contribution in [0.5, 0.6) is 0 Å². The van der Waals surface area contributed by atoms with Crippen LogP contribution in [0, 0.1) is 0 Å². The van der Waals surface area contributed by atoms with Gasteiger partial charge in [0, 0.05) is 30.1 Å². The number of thioether (sulfide) groups is 1. The van der Waals surface area contributed by atoms with Gasteiger partial charge in [-0.25, -0.2) is 0 Å². The number of benzene rings is 1. The second-order valence-electron chi connectivity index (χ2n) is 5.88. The number of allylic oxidation sites excluding steroid dienone is 1. The summed E-state index contributed by atoms with van der Waals surface area (Å²) in [7, 11) is 0. The van der Waals surface area contributed by atoms with Crippen molar-refractivity contribution in [2.24, 2.45) is 0 Å². The molecule has 0 spiro atoms. The summed E-state index contributed by atoms with van der Waals surface area (Å²) in [6.45, 7) is 5.77. The van der Waals surface area contributed by atoms with Crippen molar-refractivity contribution < 1.29 is 9.59 Å². The number of Topliss-reactive ketones (excluding diaryl/α,β-unsaturated/α-hetero) is 1. The molecule has 0 saturated heterocycles. The fourth-order valence-electron chi connectivity index (χ4n) is 2.62. The van der Waals surface area contributed by atoms with Gasteiger partial charge in [0.25, 0.3) is 0 Å². The van der Waals surface area contributed by atoms with Crippen molar-refractivity contribution in [1.82, 2.24) is 19.7 Å². The molecular formula is C20H19N5O2S. The van der Waals surface area contributed by atoms with Crippen LogP contribution < -0.4 is 5.32 Å². The summed E-state index contributed by atoms with van der Waals surface area (Å²) in [6.07, 6.45) is 5.13. The first-order valence-corrected chi connectivity index (χ1v) is 9.56. The smallest absolute Gasteiger partial charge is 0.234 e. The molecule has 2 aromatic heterocycles. The van der Waals surface area contributed by atoms with Crippen molar-refractivity contribution >= 4 is 29.1 Å². The molecule has 3 aromatic rings. The number of hydrogen-bond acceptors (Lipinski definition) is 6. The van der Waals surface area contributed by atoms with Gasteiger partial charge < -0.3 is 5.32 Å². The number of ketones is 1. The van der Waals surface area contributed by atoms with Gasteiger partial charge in [-0.15, -0.1) is 16.8 Å².